The molecular formula is C25H42O7. The minimum Gasteiger partial charge on any atom is -0.481 e. The van der Waals surface area contributed by atoms with Gasteiger partial charge in [0.05, 0.1) is 0 Å². The minimum absolute atomic E-state index is 0.0506. The lowest BCUT2D eigenvalue weighted by Crippen LogP contribution is -2.04. The molecule has 1 N–H and O–H groups in total. The van der Waals surface area contributed by atoms with Crippen molar-refractivity contribution in [1.29, 1.82) is 0 Å². The third kappa shape index (κ3) is 15.7. The summed E-state index contributed by atoms with van der Waals surface area (Å²) in [5.41, 5.74) is 0. The third-order valence-electron chi connectivity index (χ3n) is 5.72. The van der Waals surface area contributed by atoms with Crippen LogP contribution in [0.25, 0.3) is 0 Å². The summed E-state index contributed by atoms with van der Waals surface area (Å²) in [4.78, 5) is 33.1. The van der Waals surface area contributed by atoms with Gasteiger partial charge in [-0.1, -0.05) is 89.9 Å². The van der Waals surface area contributed by atoms with Crippen molar-refractivity contribution in [2.24, 2.45) is 0 Å². The molecule has 0 aliphatic rings. The average Bonchev–Trinajstić information content (AvgIpc) is 3.08. The maximum Gasteiger partial charge on any atom is 0.519 e. The van der Waals surface area contributed by atoms with Crippen molar-refractivity contribution < 1.29 is 28.3 Å². The quantitative estimate of drug-likeness (QED) is 0.163. The van der Waals surface area contributed by atoms with Crippen LogP contribution in [0.1, 0.15) is 127 Å². The van der Waals surface area contributed by atoms with Crippen LogP contribution < -0.4 is 5.82 Å². The van der Waals surface area contributed by atoms with Gasteiger partial charge in [-0.2, -0.15) is 0 Å². The molecule has 0 bridgehead atoms. The van der Waals surface area contributed by atoms with E-state index in [9.17, 15) is 14.4 Å². The van der Waals surface area contributed by atoms with Gasteiger partial charge in [0.25, 0.3) is 0 Å². The van der Waals surface area contributed by atoms with Gasteiger partial charge in [0.15, 0.2) is 18.1 Å². The lowest BCUT2D eigenvalue weighted by atomic mass is 10.0. The van der Waals surface area contributed by atoms with Gasteiger partial charge in [0, 0.05) is 12.8 Å². The zero-order valence-electron chi connectivity index (χ0n) is 19.8. The molecule has 0 radical (unpaired) electrons. The molecule has 0 fully saturated rings. The summed E-state index contributed by atoms with van der Waals surface area (Å²) in [7, 11) is 0. The number of rotatable bonds is 21. The highest BCUT2D eigenvalue weighted by Gasteiger charge is 2.11. The molecule has 184 valence electrons. The van der Waals surface area contributed by atoms with Crippen LogP contribution in [0.3, 0.4) is 0 Å². The fourth-order valence-corrected chi connectivity index (χ4v) is 3.74. The molecule has 0 aromatic carbocycles. The van der Waals surface area contributed by atoms with E-state index in [4.69, 9.17) is 18.7 Å². The molecule has 0 saturated carbocycles. The SMILES string of the molecule is Cc1oc(=O)oc1COC(=O)CCCCCCCCCCCCCCCCCCC(=O)O. The van der Waals surface area contributed by atoms with Crippen molar-refractivity contribution in [3.63, 3.8) is 0 Å². The number of carbonyl (C=O) groups excluding carboxylic acids is 1. The van der Waals surface area contributed by atoms with Gasteiger partial charge >= 0.3 is 17.8 Å². The first kappa shape index (κ1) is 28.0. The van der Waals surface area contributed by atoms with Crippen LogP contribution in [-0.2, 0) is 20.9 Å². The standard InChI is InChI=1S/C25H42O7/c1-21-22(32-25(29)31-21)20-30-24(28)19-17-15-13-11-9-7-5-3-2-4-6-8-10-12-14-16-18-23(26)27/h2-20H2,1H3,(H,26,27). The number of esters is 1. The highest BCUT2D eigenvalue weighted by molar-refractivity contribution is 5.69. The molecule has 1 aromatic rings. The molecule has 32 heavy (non-hydrogen) atoms. The number of hydrogen-bond donors (Lipinski definition) is 1. The number of ether oxygens (including phenoxy) is 1. The molecule has 0 aliphatic heterocycles. The zero-order chi connectivity index (χ0) is 23.4. The molecule has 1 heterocycles. The molecule has 0 unspecified atom stereocenters. The van der Waals surface area contributed by atoms with E-state index in [-0.39, 0.29) is 18.3 Å². The number of carboxylic acids is 1. The van der Waals surface area contributed by atoms with Crippen LogP contribution in [-0.4, -0.2) is 17.0 Å². The van der Waals surface area contributed by atoms with Gasteiger partial charge in [0.2, 0.25) is 0 Å². The monoisotopic (exact) mass is 454 g/mol. The molecule has 0 saturated heterocycles. The normalized spacial score (nSPS) is 11.0. The summed E-state index contributed by atoms with van der Waals surface area (Å²) in [5.74, 6) is -1.10. The van der Waals surface area contributed by atoms with Crippen LogP contribution in [0.5, 0.6) is 0 Å². The first-order valence-corrected chi connectivity index (χ1v) is 12.5. The number of carbonyl (C=O) groups is 2. The predicted molar refractivity (Wildman–Crippen MR) is 123 cm³/mol. The van der Waals surface area contributed by atoms with E-state index in [0.29, 0.717) is 18.6 Å². The summed E-state index contributed by atoms with van der Waals surface area (Å²) < 4.78 is 14.6. The first-order chi connectivity index (χ1) is 15.5. The number of hydrogen-bond acceptors (Lipinski definition) is 6. The predicted octanol–water partition coefficient (Wildman–Crippen LogP) is 6.69. The Hall–Kier alpha value is -2.05. The van der Waals surface area contributed by atoms with Gasteiger partial charge in [-0.05, 0) is 19.8 Å². The summed E-state index contributed by atoms with van der Waals surface area (Å²) in [5, 5.41) is 8.58. The minimum atomic E-state index is -0.771. The van der Waals surface area contributed by atoms with Crippen LogP contribution in [0.15, 0.2) is 13.6 Å². The second-order valence-corrected chi connectivity index (χ2v) is 8.64. The highest BCUT2D eigenvalue weighted by Crippen LogP contribution is 2.15. The van der Waals surface area contributed by atoms with Gasteiger partial charge in [-0.3, -0.25) is 9.59 Å². The molecule has 1 aromatic heterocycles. The molecule has 7 nitrogen and oxygen atoms in total. The zero-order valence-corrected chi connectivity index (χ0v) is 19.8. The summed E-state index contributed by atoms with van der Waals surface area (Å²) in [6, 6.07) is 0. The molecule has 0 atom stereocenters. The number of carboxylic acid groups (broad SMARTS) is 1. The smallest absolute Gasteiger partial charge is 0.481 e. The Morgan fingerprint density at radius 2 is 1.09 bits per heavy atom. The van der Waals surface area contributed by atoms with E-state index in [1.807, 2.05) is 0 Å². The second-order valence-electron chi connectivity index (χ2n) is 8.64. The first-order valence-electron chi connectivity index (χ1n) is 12.5. The average molecular weight is 455 g/mol. The van der Waals surface area contributed by atoms with Crippen LogP contribution in [0.4, 0.5) is 0 Å². The Kier molecular flexibility index (Phi) is 16.2. The molecule has 0 amide bonds. The van der Waals surface area contributed by atoms with Crippen molar-refractivity contribution in [2.75, 3.05) is 0 Å². The third-order valence-corrected chi connectivity index (χ3v) is 5.72. The van der Waals surface area contributed by atoms with Gasteiger partial charge < -0.3 is 18.7 Å². The van der Waals surface area contributed by atoms with E-state index in [2.05, 4.69) is 0 Å². The van der Waals surface area contributed by atoms with E-state index in [1.54, 1.807) is 6.92 Å². The molecule has 0 spiro atoms. The fraction of sp³-hybridized carbons (Fsp3) is 0.800. The number of unbranched alkanes of at least 4 members (excludes halogenated alkanes) is 15. The van der Waals surface area contributed by atoms with Gasteiger partial charge in [0.1, 0.15) is 0 Å². The lowest BCUT2D eigenvalue weighted by Gasteiger charge is -2.04. The summed E-state index contributed by atoms with van der Waals surface area (Å²) in [6.07, 6.45) is 19.6. The molecule has 1 rings (SSSR count). The van der Waals surface area contributed by atoms with Crippen molar-refractivity contribution >= 4 is 11.9 Å². The number of aryl methyl sites for hydroxylation is 1. The second kappa shape index (κ2) is 18.5. The maximum atomic E-state index is 11.7. The van der Waals surface area contributed by atoms with Crippen molar-refractivity contribution in [3.05, 3.63) is 22.1 Å². The van der Waals surface area contributed by atoms with Crippen molar-refractivity contribution in [2.45, 2.75) is 129 Å². The van der Waals surface area contributed by atoms with Crippen molar-refractivity contribution in [3.8, 4) is 0 Å². The molecular weight excluding hydrogens is 412 g/mol. The van der Waals surface area contributed by atoms with E-state index in [1.165, 1.54) is 70.6 Å². The van der Waals surface area contributed by atoms with Gasteiger partial charge in [-0.25, -0.2) is 4.79 Å². The van der Waals surface area contributed by atoms with Crippen LogP contribution in [0, 0.1) is 6.92 Å². The summed E-state index contributed by atoms with van der Waals surface area (Å²) in [6.45, 7) is 1.55. The lowest BCUT2D eigenvalue weighted by molar-refractivity contribution is -0.145. The Morgan fingerprint density at radius 3 is 1.47 bits per heavy atom. The molecule has 7 heteroatoms. The Bertz CT molecular complexity index is 674. The maximum absolute atomic E-state index is 11.7. The largest absolute Gasteiger partial charge is 0.519 e. The van der Waals surface area contributed by atoms with E-state index in [0.717, 1.165) is 32.1 Å². The van der Waals surface area contributed by atoms with Crippen LogP contribution >= 0.6 is 0 Å². The van der Waals surface area contributed by atoms with E-state index >= 15 is 0 Å². The Balaban J connectivity index is 1.77. The number of aliphatic carboxylic acids is 1. The highest BCUT2D eigenvalue weighted by atomic mass is 16.6. The Labute approximate surface area is 191 Å². The van der Waals surface area contributed by atoms with E-state index < -0.39 is 11.8 Å². The van der Waals surface area contributed by atoms with Crippen molar-refractivity contribution in [1.82, 2.24) is 0 Å². The van der Waals surface area contributed by atoms with Crippen LogP contribution in [0.2, 0.25) is 0 Å². The summed E-state index contributed by atoms with van der Waals surface area (Å²) >= 11 is 0. The Morgan fingerprint density at radius 1 is 0.688 bits per heavy atom. The molecule has 0 aliphatic carbocycles. The topological polar surface area (TPSA) is 107 Å². The van der Waals surface area contributed by atoms with Gasteiger partial charge in [-0.15, -0.1) is 0 Å². The fourth-order valence-electron chi connectivity index (χ4n) is 3.74.